The van der Waals surface area contributed by atoms with Gasteiger partial charge in [-0.05, 0) is 26.2 Å². The van der Waals surface area contributed by atoms with Gasteiger partial charge in [0, 0.05) is 6.04 Å². The highest BCUT2D eigenvalue weighted by Gasteiger charge is 2.43. The number of nitrogens with two attached hydrogens (primary N) is 1. The molecule has 0 aromatic rings. The lowest BCUT2D eigenvalue weighted by Crippen LogP contribution is -2.52. The molecule has 18 heavy (non-hydrogen) atoms. The van der Waals surface area contributed by atoms with Crippen LogP contribution in [0.3, 0.4) is 0 Å². The highest BCUT2D eigenvalue weighted by Crippen LogP contribution is 2.36. The van der Waals surface area contributed by atoms with Crippen molar-refractivity contribution >= 4 is 11.9 Å². The van der Waals surface area contributed by atoms with E-state index in [1.807, 2.05) is 13.8 Å². The van der Waals surface area contributed by atoms with Gasteiger partial charge in [-0.1, -0.05) is 26.2 Å². The maximum atomic E-state index is 12.2. The number of unbranched alkanes of at least 4 members (excludes halogenated alkanes) is 1. The van der Waals surface area contributed by atoms with E-state index in [2.05, 4.69) is 5.32 Å². The van der Waals surface area contributed by atoms with Gasteiger partial charge in [0.2, 0.25) is 5.91 Å². The smallest absolute Gasteiger partial charge is 0.326 e. The minimum atomic E-state index is -0.966. The van der Waals surface area contributed by atoms with Crippen molar-refractivity contribution in [2.24, 2.45) is 11.1 Å². The van der Waals surface area contributed by atoms with Gasteiger partial charge in [-0.25, -0.2) is 4.79 Å². The van der Waals surface area contributed by atoms with Crippen LogP contribution in [0.2, 0.25) is 0 Å². The Morgan fingerprint density at radius 3 is 2.67 bits per heavy atom. The molecular formula is C13H24N2O3. The molecular weight excluding hydrogens is 232 g/mol. The largest absolute Gasteiger partial charge is 0.480 e. The Morgan fingerprint density at radius 1 is 1.56 bits per heavy atom. The summed E-state index contributed by atoms with van der Waals surface area (Å²) < 4.78 is 0. The topological polar surface area (TPSA) is 92.4 Å². The number of carboxylic acids is 1. The van der Waals surface area contributed by atoms with E-state index in [9.17, 15) is 9.59 Å². The number of hydrogen-bond acceptors (Lipinski definition) is 3. The average Bonchev–Trinajstić information content (AvgIpc) is 2.65. The Balaban J connectivity index is 2.63. The second kappa shape index (κ2) is 6.18. The van der Waals surface area contributed by atoms with Crippen LogP contribution < -0.4 is 11.1 Å². The number of carbonyl (C=O) groups excluding carboxylic acids is 1. The van der Waals surface area contributed by atoms with Crippen molar-refractivity contribution < 1.29 is 14.7 Å². The molecule has 104 valence electrons. The van der Waals surface area contributed by atoms with Gasteiger partial charge in [-0.3, -0.25) is 4.79 Å². The van der Waals surface area contributed by atoms with Crippen LogP contribution in [0.5, 0.6) is 0 Å². The number of aliphatic carboxylic acids is 1. The zero-order valence-electron chi connectivity index (χ0n) is 11.2. The lowest BCUT2D eigenvalue weighted by Gasteiger charge is -2.29. The molecule has 0 heterocycles. The summed E-state index contributed by atoms with van der Waals surface area (Å²) in [5.74, 6) is -1.18. The zero-order valence-corrected chi connectivity index (χ0v) is 11.2. The van der Waals surface area contributed by atoms with E-state index in [0.29, 0.717) is 6.42 Å². The lowest BCUT2D eigenvalue weighted by molar-refractivity contribution is -0.144. The van der Waals surface area contributed by atoms with Gasteiger partial charge < -0.3 is 16.2 Å². The SMILES string of the molecule is CCCC[C@H](NC(=O)C1(C)CCCC1N)C(=O)O. The maximum Gasteiger partial charge on any atom is 0.326 e. The molecule has 1 amide bonds. The first-order chi connectivity index (χ1) is 8.41. The van der Waals surface area contributed by atoms with Crippen molar-refractivity contribution in [1.29, 1.82) is 0 Å². The predicted molar refractivity (Wildman–Crippen MR) is 69.0 cm³/mol. The van der Waals surface area contributed by atoms with E-state index >= 15 is 0 Å². The Kier molecular flexibility index (Phi) is 5.14. The van der Waals surface area contributed by atoms with E-state index in [4.69, 9.17) is 10.8 Å². The van der Waals surface area contributed by atoms with Crippen LogP contribution in [-0.4, -0.2) is 29.1 Å². The Bertz CT molecular complexity index is 319. The number of carbonyl (C=O) groups is 2. The summed E-state index contributed by atoms with van der Waals surface area (Å²) >= 11 is 0. The van der Waals surface area contributed by atoms with E-state index in [0.717, 1.165) is 32.1 Å². The Morgan fingerprint density at radius 2 is 2.22 bits per heavy atom. The normalized spacial score (nSPS) is 28.9. The Hall–Kier alpha value is -1.10. The minimum absolute atomic E-state index is 0.168. The summed E-state index contributed by atoms with van der Waals surface area (Å²) in [6.07, 6.45) is 4.67. The summed E-state index contributed by atoms with van der Waals surface area (Å²) in [5, 5.41) is 11.7. The minimum Gasteiger partial charge on any atom is -0.480 e. The first kappa shape index (κ1) is 15.0. The highest BCUT2D eigenvalue weighted by molar-refractivity contribution is 5.88. The highest BCUT2D eigenvalue weighted by atomic mass is 16.4. The van der Waals surface area contributed by atoms with Gasteiger partial charge in [0.25, 0.3) is 0 Å². The fourth-order valence-electron chi connectivity index (χ4n) is 2.46. The molecule has 1 rings (SSSR count). The fourth-order valence-corrected chi connectivity index (χ4v) is 2.46. The van der Waals surface area contributed by atoms with E-state index in [1.165, 1.54) is 0 Å². The van der Waals surface area contributed by atoms with Gasteiger partial charge in [0.1, 0.15) is 6.04 Å². The molecule has 0 aromatic carbocycles. The summed E-state index contributed by atoms with van der Waals surface area (Å²) in [4.78, 5) is 23.3. The quantitative estimate of drug-likeness (QED) is 0.667. The molecule has 0 saturated heterocycles. The number of hydrogen-bond donors (Lipinski definition) is 3. The van der Waals surface area contributed by atoms with Crippen LogP contribution in [0.1, 0.15) is 52.4 Å². The molecule has 2 unspecified atom stereocenters. The third-order valence-corrected chi connectivity index (χ3v) is 4.00. The van der Waals surface area contributed by atoms with Crippen molar-refractivity contribution in [3.05, 3.63) is 0 Å². The number of carboxylic acid groups (broad SMARTS) is 1. The van der Waals surface area contributed by atoms with E-state index in [-0.39, 0.29) is 11.9 Å². The molecule has 5 heteroatoms. The van der Waals surface area contributed by atoms with Crippen LogP contribution in [0, 0.1) is 5.41 Å². The molecule has 0 bridgehead atoms. The van der Waals surface area contributed by atoms with Crippen molar-refractivity contribution in [1.82, 2.24) is 5.32 Å². The summed E-state index contributed by atoms with van der Waals surface area (Å²) in [5.41, 5.74) is 5.35. The number of rotatable bonds is 6. The molecule has 1 fully saturated rings. The molecule has 1 saturated carbocycles. The van der Waals surface area contributed by atoms with Crippen molar-refractivity contribution in [3.63, 3.8) is 0 Å². The van der Waals surface area contributed by atoms with Crippen molar-refractivity contribution in [2.75, 3.05) is 0 Å². The van der Waals surface area contributed by atoms with Crippen LogP contribution in [-0.2, 0) is 9.59 Å². The van der Waals surface area contributed by atoms with Gasteiger partial charge in [-0.15, -0.1) is 0 Å². The molecule has 3 atom stereocenters. The fraction of sp³-hybridized carbons (Fsp3) is 0.846. The molecule has 4 N–H and O–H groups in total. The third kappa shape index (κ3) is 3.22. The lowest BCUT2D eigenvalue weighted by atomic mass is 9.84. The third-order valence-electron chi connectivity index (χ3n) is 4.00. The Labute approximate surface area is 108 Å². The summed E-state index contributed by atoms with van der Waals surface area (Å²) in [7, 11) is 0. The van der Waals surface area contributed by atoms with Crippen molar-refractivity contribution in [2.45, 2.75) is 64.5 Å². The molecule has 0 radical (unpaired) electrons. The molecule has 1 aliphatic rings. The second-order valence-corrected chi connectivity index (χ2v) is 5.42. The van der Waals surface area contributed by atoms with Gasteiger partial charge >= 0.3 is 5.97 Å². The van der Waals surface area contributed by atoms with Gasteiger partial charge in [0.05, 0.1) is 5.41 Å². The first-order valence-corrected chi connectivity index (χ1v) is 6.71. The molecule has 0 spiro atoms. The standard InChI is InChI=1S/C13H24N2O3/c1-3-4-6-9(11(16)17)15-12(18)13(2)8-5-7-10(13)14/h9-10H,3-8,14H2,1-2H3,(H,15,18)(H,16,17)/t9-,10?,13?/m0/s1. The van der Waals surface area contributed by atoms with Crippen LogP contribution >= 0.6 is 0 Å². The van der Waals surface area contributed by atoms with E-state index < -0.39 is 17.4 Å². The average molecular weight is 256 g/mol. The molecule has 1 aliphatic carbocycles. The molecule has 0 aromatic heterocycles. The zero-order chi connectivity index (χ0) is 13.8. The van der Waals surface area contributed by atoms with Crippen LogP contribution in [0.25, 0.3) is 0 Å². The number of amides is 1. The monoisotopic (exact) mass is 256 g/mol. The predicted octanol–water partition coefficient (Wildman–Crippen LogP) is 1.26. The van der Waals surface area contributed by atoms with E-state index in [1.54, 1.807) is 0 Å². The maximum absolute atomic E-state index is 12.2. The molecule has 0 aliphatic heterocycles. The second-order valence-electron chi connectivity index (χ2n) is 5.42. The van der Waals surface area contributed by atoms with Crippen molar-refractivity contribution in [3.8, 4) is 0 Å². The van der Waals surface area contributed by atoms with Gasteiger partial charge in [0.15, 0.2) is 0 Å². The van der Waals surface area contributed by atoms with Crippen LogP contribution in [0.4, 0.5) is 0 Å². The summed E-state index contributed by atoms with van der Waals surface area (Å²) in [6.45, 7) is 3.83. The van der Waals surface area contributed by atoms with Gasteiger partial charge in [-0.2, -0.15) is 0 Å². The van der Waals surface area contributed by atoms with Crippen LogP contribution in [0.15, 0.2) is 0 Å². The number of nitrogens with one attached hydrogen (secondary N) is 1. The first-order valence-electron chi connectivity index (χ1n) is 6.71. The molecule has 5 nitrogen and oxygen atoms in total. The summed E-state index contributed by atoms with van der Waals surface area (Å²) in [6, 6.07) is -0.958.